The number of hydrogen-bond donors (Lipinski definition) is 2. The molecule has 1 aliphatic rings. The molecule has 1 heterocycles. The van der Waals surface area contributed by atoms with Crippen molar-refractivity contribution in [1.29, 1.82) is 0 Å². The van der Waals surface area contributed by atoms with Gasteiger partial charge in [0.2, 0.25) is 0 Å². The van der Waals surface area contributed by atoms with E-state index in [1.165, 1.54) is 0 Å². The Morgan fingerprint density at radius 1 is 1.21 bits per heavy atom. The topological polar surface area (TPSA) is 70.0 Å². The average Bonchev–Trinajstić information content (AvgIpc) is 2.67. The first kappa shape index (κ1) is 20.4. The first-order valence-electron chi connectivity index (χ1n) is 9.67. The zero-order chi connectivity index (χ0) is 20.3. The lowest BCUT2D eigenvalue weighted by Gasteiger charge is -2.43. The van der Waals surface area contributed by atoms with Crippen LogP contribution >= 0.6 is 0 Å². The Hall–Kier alpha value is -2.37. The van der Waals surface area contributed by atoms with E-state index in [2.05, 4.69) is 11.0 Å². The number of aryl methyl sites for hydroxylation is 2. The van der Waals surface area contributed by atoms with Crippen LogP contribution in [0.5, 0.6) is 5.75 Å². The highest BCUT2D eigenvalue weighted by atomic mass is 16.5. The van der Waals surface area contributed by atoms with Gasteiger partial charge in [0.15, 0.2) is 0 Å². The summed E-state index contributed by atoms with van der Waals surface area (Å²) in [5, 5.41) is 20.7. The number of likely N-dealkylation sites (tertiary alicyclic amines) is 1. The van der Waals surface area contributed by atoms with Crippen LogP contribution in [-0.4, -0.2) is 47.4 Å². The zero-order valence-corrected chi connectivity index (χ0v) is 16.8. The number of ether oxygens (including phenoxy) is 1. The number of piperidine rings is 1. The van der Waals surface area contributed by atoms with E-state index < -0.39 is 17.5 Å². The second-order valence-corrected chi connectivity index (χ2v) is 7.89. The Morgan fingerprint density at radius 2 is 1.93 bits per heavy atom. The van der Waals surface area contributed by atoms with Crippen LogP contribution in [0.4, 0.5) is 0 Å². The molecule has 0 saturated carbocycles. The molecule has 2 aromatic carbocycles. The van der Waals surface area contributed by atoms with Crippen LogP contribution < -0.4 is 4.74 Å². The predicted octanol–water partition coefficient (Wildman–Crippen LogP) is 3.19. The van der Waals surface area contributed by atoms with Crippen LogP contribution in [0.3, 0.4) is 0 Å². The molecule has 28 heavy (non-hydrogen) atoms. The first-order valence-corrected chi connectivity index (χ1v) is 9.67. The molecule has 1 fully saturated rings. The predicted molar refractivity (Wildman–Crippen MR) is 109 cm³/mol. The second kappa shape index (κ2) is 8.33. The second-order valence-electron chi connectivity index (χ2n) is 7.89. The smallest absolute Gasteiger partial charge is 0.313 e. The maximum absolute atomic E-state index is 12.3. The van der Waals surface area contributed by atoms with E-state index in [0.29, 0.717) is 32.5 Å². The number of rotatable bonds is 6. The molecule has 0 radical (unpaired) electrons. The average molecular weight is 383 g/mol. The summed E-state index contributed by atoms with van der Waals surface area (Å²) >= 11 is 0. The molecule has 2 N–H and O–H groups in total. The Labute approximate surface area is 166 Å². The summed E-state index contributed by atoms with van der Waals surface area (Å²) < 4.78 is 5.39. The quantitative estimate of drug-likeness (QED) is 0.802. The van der Waals surface area contributed by atoms with Crippen molar-refractivity contribution in [1.82, 2.24) is 4.90 Å². The van der Waals surface area contributed by atoms with Gasteiger partial charge in [-0.05, 0) is 55.0 Å². The van der Waals surface area contributed by atoms with Crippen molar-refractivity contribution < 1.29 is 19.7 Å². The van der Waals surface area contributed by atoms with E-state index >= 15 is 0 Å². The van der Waals surface area contributed by atoms with Gasteiger partial charge in [-0.3, -0.25) is 9.69 Å². The zero-order valence-electron chi connectivity index (χ0n) is 16.8. The molecular formula is C23H29NO4. The molecule has 0 aromatic heterocycles. The minimum Gasteiger partial charge on any atom is -0.496 e. The number of aliphatic hydroxyl groups excluding tert-OH is 1. The minimum atomic E-state index is -1.20. The van der Waals surface area contributed by atoms with Crippen molar-refractivity contribution >= 4 is 5.97 Å². The van der Waals surface area contributed by atoms with Crippen molar-refractivity contribution in [3.8, 4) is 5.75 Å². The molecule has 0 amide bonds. The van der Waals surface area contributed by atoms with Crippen LogP contribution in [0.1, 0.15) is 28.7 Å². The summed E-state index contributed by atoms with van der Waals surface area (Å²) in [5.74, 6) is -0.0736. The third-order valence-electron chi connectivity index (χ3n) is 5.90. The van der Waals surface area contributed by atoms with E-state index in [1.807, 2.05) is 50.2 Å². The van der Waals surface area contributed by atoms with Gasteiger partial charge in [-0.1, -0.05) is 36.4 Å². The van der Waals surface area contributed by atoms with Gasteiger partial charge in [-0.2, -0.15) is 0 Å². The number of benzene rings is 2. The normalized spacial score (nSPS) is 22.8. The van der Waals surface area contributed by atoms with E-state index in [9.17, 15) is 15.0 Å². The van der Waals surface area contributed by atoms with E-state index in [1.54, 1.807) is 7.11 Å². The van der Waals surface area contributed by atoms with Gasteiger partial charge in [0.05, 0.1) is 13.2 Å². The van der Waals surface area contributed by atoms with Gasteiger partial charge in [0.1, 0.15) is 11.2 Å². The van der Waals surface area contributed by atoms with Crippen molar-refractivity contribution in [2.75, 3.05) is 20.2 Å². The standard InChI is InChI=1S/C23H29NO4/c1-16-12-20(28-3)17(2)11-19(16)14-24-10-9-21(25)23(15-24,22(26)27)13-18-7-5-4-6-8-18/h4-8,11-12,21,25H,9-10,13-15H2,1-3H3,(H,26,27)/t21-,23-/m1/s1. The van der Waals surface area contributed by atoms with Gasteiger partial charge >= 0.3 is 5.97 Å². The van der Waals surface area contributed by atoms with Gasteiger partial charge in [0, 0.05) is 19.6 Å². The number of carboxylic acid groups (broad SMARTS) is 1. The molecule has 2 aromatic rings. The van der Waals surface area contributed by atoms with Crippen molar-refractivity contribution in [3.05, 3.63) is 64.7 Å². The van der Waals surface area contributed by atoms with Gasteiger partial charge < -0.3 is 14.9 Å². The fourth-order valence-electron chi connectivity index (χ4n) is 4.20. The van der Waals surface area contributed by atoms with Crippen molar-refractivity contribution in [2.45, 2.75) is 39.3 Å². The summed E-state index contributed by atoms with van der Waals surface area (Å²) in [6.45, 7) is 5.72. The van der Waals surface area contributed by atoms with Crippen LogP contribution in [-0.2, 0) is 17.8 Å². The number of carboxylic acids is 1. The third-order valence-corrected chi connectivity index (χ3v) is 5.90. The molecule has 0 aliphatic carbocycles. The Morgan fingerprint density at radius 3 is 2.57 bits per heavy atom. The number of aliphatic hydroxyl groups is 1. The molecule has 0 unspecified atom stereocenters. The summed E-state index contributed by atoms with van der Waals surface area (Å²) in [5.41, 5.74) is 3.08. The monoisotopic (exact) mass is 383 g/mol. The molecule has 150 valence electrons. The lowest BCUT2D eigenvalue weighted by atomic mass is 9.72. The van der Waals surface area contributed by atoms with Crippen LogP contribution in [0.25, 0.3) is 0 Å². The number of aliphatic carboxylic acids is 1. The van der Waals surface area contributed by atoms with Crippen LogP contribution in [0.15, 0.2) is 42.5 Å². The van der Waals surface area contributed by atoms with Crippen molar-refractivity contribution in [2.24, 2.45) is 5.41 Å². The third kappa shape index (κ3) is 4.05. The number of nitrogens with zero attached hydrogens (tertiary/aromatic N) is 1. The van der Waals surface area contributed by atoms with Gasteiger partial charge in [0.25, 0.3) is 0 Å². The highest BCUT2D eigenvalue weighted by molar-refractivity contribution is 5.76. The minimum absolute atomic E-state index is 0.321. The molecule has 5 heteroatoms. The van der Waals surface area contributed by atoms with Crippen LogP contribution in [0, 0.1) is 19.3 Å². The largest absolute Gasteiger partial charge is 0.496 e. The van der Waals surface area contributed by atoms with Gasteiger partial charge in [-0.15, -0.1) is 0 Å². The molecule has 5 nitrogen and oxygen atoms in total. The number of hydrogen-bond acceptors (Lipinski definition) is 4. The summed E-state index contributed by atoms with van der Waals surface area (Å²) in [6.07, 6.45) is -0.0884. The lowest BCUT2D eigenvalue weighted by Crippen LogP contribution is -2.56. The van der Waals surface area contributed by atoms with E-state index in [4.69, 9.17) is 4.74 Å². The first-order chi connectivity index (χ1) is 13.4. The maximum Gasteiger partial charge on any atom is 0.313 e. The molecule has 3 rings (SSSR count). The fraction of sp³-hybridized carbons (Fsp3) is 0.435. The van der Waals surface area contributed by atoms with Gasteiger partial charge in [-0.25, -0.2) is 0 Å². The van der Waals surface area contributed by atoms with E-state index in [0.717, 1.165) is 28.0 Å². The molecule has 1 saturated heterocycles. The number of methoxy groups -OCH3 is 1. The summed E-state index contributed by atoms with van der Waals surface area (Å²) in [6, 6.07) is 13.7. The van der Waals surface area contributed by atoms with E-state index in [-0.39, 0.29) is 0 Å². The molecule has 0 spiro atoms. The Kier molecular flexibility index (Phi) is 6.06. The molecule has 0 bridgehead atoms. The molecule has 2 atom stereocenters. The highest BCUT2D eigenvalue weighted by Gasteiger charge is 2.49. The van der Waals surface area contributed by atoms with Crippen LogP contribution in [0.2, 0.25) is 0 Å². The Bertz CT molecular complexity index is 836. The highest BCUT2D eigenvalue weighted by Crippen LogP contribution is 2.36. The number of carbonyl (C=O) groups is 1. The maximum atomic E-state index is 12.3. The fourth-order valence-corrected chi connectivity index (χ4v) is 4.20. The SMILES string of the molecule is COc1cc(C)c(CN2CC[C@@H](O)[C@](Cc3ccccc3)(C(=O)O)C2)cc1C. The molecule has 1 aliphatic heterocycles. The Balaban J connectivity index is 1.85. The molecular weight excluding hydrogens is 354 g/mol. The summed E-state index contributed by atoms with van der Waals surface area (Å²) in [4.78, 5) is 14.4. The lowest BCUT2D eigenvalue weighted by molar-refractivity contribution is -0.163. The summed E-state index contributed by atoms with van der Waals surface area (Å²) in [7, 11) is 1.66. The van der Waals surface area contributed by atoms with Crippen molar-refractivity contribution in [3.63, 3.8) is 0 Å².